The Hall–Kier alpha value is -1.07. The summed E-state index contributed by atoms with van der Waals surface area (Å²) in [7, 11) is 0. The molecule has 5 heteroatoms. The average Bonchev–Trinajstić information content (AvgIpc) is 2.67. The minimum atomic E-state index is -0.817. The summed E-state index contributed by atoms with van der Waals surface area (Å²) in [6.45, 7) is 2.02. The Morgan fingerprint density at radius 3 is 3.06 bits per heavy atom. The van der Waals surface area contributed by atoms with Crippen LogP contribution in [0.5, 0.6) is 5.75 Å². The van der Waals surface area contributed by atoms with Gasteiger partial charge in [0.05, 0.1) is 4.47 Å². The highest BCUT2D eigenvalue weighted by Crippen LogP contribution is 2.38. The van der Waals surface area contributed by atoms with Crippen molar-refractivity contribution in [1.29, 1.82) is 0 Å². The second-order valence-electron chi connectivity index (χ2n) is 4.66. The zero-order chi connectivity index (χ0) is 13.3. The van der Waals surface area contributed by atoms with E-state index in [1.165, 1.54) is 0 Å². The van der Waals surface area contributed by atoms with Gasteiger partial charge in [0.25, 0.3) is 0 Å². The molecule has 0 aliphatic carbocycles. The van der Waals surface area contributed by atoms with E-state index in [-0.39, 0.29) is 18.6 Å². The maximum atomic E-state index is 10.5. The van der Waals surface area contributed by atoms with E-state index in [9.17, 15) is 4.79 Å². The summed E-state index contributed by atoms with van der Waals surface area (Å²) in [4.78, 5) is 10.5. The predicted octanol–water partition coefficient (Wildman–Crippen LogP) is 2.64. The van der Waals surface area contributed by atoms with Crippen LogP contribution < -0.4 is 10.5 Å². The maximum Gasteiger partial charge on any atom is 0.303 e. The average molecular weight is 314 g/mol. The van der Waals surface area contributed by atoms with Gasteiger partial charge in [0.1, 0.15) is 11.9 Å². The number of hydrogen-bond donors (Lipinski definition) is 2. The Morgan fingerprint density at radius 1 is 1.67 bits per heavy atom. The lowest BCUT2D eigenvalue weighted by molar-refractivity contribution is -0.137. The molecule has 1 aromatic rings. The number of fused-ring (bicyclic) bond motifs is 1. The molecular formula is C13H16BrNO3. The molecule has 0 fully saturated rings. The van der Waals surface area contributed by atoms with Gasteiger partial charge < -0.3 is 15.6 Å². The zero-order valence-electron chi connectivity index (χ0n) is 10.1. The molecule has 1 heterocycles. The van der Waals surface area contributed by atoms with Crippen molar-refractivity contribution >= 4 is 21.9 Å². The Balaban J connectivity index is 2.18. The molecule has 1 aliphatic rings. The SMILES string of the molecule is CC1Cc2cc(C(N)CCC(=O)O)cc(Br)c2O1. The molecule has 4 nitrogen and oxygen atoms in total. The van der Waals surface area contributed by atoms with Crippen molar-refractivity contribution in [3.05, 3.63) is 27.7 Å². The summed E-state index contributed by atoms with van der Waals surface area (Å²) >= 11 is 3.48. The monoisotopic (exact) mass is 313 g/mol. The highest BCUT2D eigenvalue weighted by molar-refractivity contribution is 9.10. The zero-order valence-corrected chi connectivity index (χ0v) is 11.7. The van der Waals surface area contributed by atoms with Crippen molar-refractivity contribution < 1.29 is 14.6 Å². The highest BCUT2D eigenvalue weighted by atomic mass is 79.9. The molecule has 0 aromatic heterocycles. The van der Waals surface area contributed by atoms with E-state index in [1.807, 2.05) is 19.1 Å². The molecule has 0 radical (unpaired) electrons. The van der Waals surface area contributed by atoms with Crippen LogP contribution >= 0.6 is 15.9 Å². The molecule has 98 valence electrons. The summed E-state index contributed by atoms with van der Waals surface area (Å²) in [5.41, 5.74) is 8.11. The van der Waals surface area contributed by atoms with E-state index in [1.54, 1.807) is 0 Å². The minimum absolute atomic E-state index is 0.0861. The van der Waals surface area contributed by atoms with Crippen LogP contribution in [0.25, 0.3) is 0 Å². The van der Waals surface area contributed by atoms with E-state index in [0.29, 0.717) is 6.42 Å². The van der Waals surface area contributed by atoms with Crippen LogP contribution in [0.4, 0.5) is 0 Å². The van der Waals surface area contributed by atoms with E-state index < -0.39 is 5.97 Å². The van der Waals surface area contributed by atoms with Crippen LogP contribution in [0.1, 0.15) is 36.9 Å². The predicted molar refractivity (Wildman–Crippen MR) is 71.7 cm³/mol. The van der Waals surface area contributed by atoms with Crippen molar-refractivity contribution in [2.45, 2.75) is 38.3 Å². The number of aliphatic carboxylic acids is 1. The molecule has 2 atom stereocenters. The molecule has 1 aliphatic heterocycles. The molecular weight excluding hydrogens is 298 g/mol. The molecule has 0 amide bonds. The number of carboxylic acid groups (broad SMARTS) is 1. The van der Waals surface area contributed by atoms with Crippen LogP contribution in [-0.4, -0.2) is 17.2 Å². The van der Waals surface area contributed by atoms with Gasteiger partial charge >= 0.3 is 5.97 Å². The fraction of sp³-hybridized carbons (Fsp3) is 0.462. The Labute approximate surface area is 114 Å². The standard InChI is InChI=1S/C13H16BrNO3/c1-7-4-9-5-8(6-10(14)13(9)18-7)11(15)2-3-12(16)17/h5-7,11H,2-4,15H2,1H3,(H,16,17). The third kappa shape index (κ3) is 2.84. The van der Waals surface area contributed by atoms with Crippen LogP contribution in [0, 0.1) is 0 Å². The lowest BCUT2D eigenvalue weighted by Gasteiger charge is -2.13. The summed E-state index contributed by atoms with van der Waals surface area (Å²) in [6.07, 6.45) is 1.58. The van der Waals surface area contributed by atoms with E-state index >= 15 is 0 Å². The first-order valence-corrected chi connectivity index (χ1v) is 6.73. The second-order valence-corrected chi connectivity index (χ2v) is 5.52. The first-order chi connectivity index (χ1) is 8.47. The number of hydrogen-bond acceptors (Lipinski definition) is 3. The minimum Gasteiger partial charge on any atom is -0.489 e. The van der Waals surface area contributed by atoms with Crippen molar-refractivity contribution in [3.8, 4) is 5.75 Å². The molecule has 2 rings (SSSR count). The van der Waals surface area contributed by atoms with Crippen molar-refractivity contribution in [2.75, 3.05) is 0 Å². The first kappa shape index (κ1) is 13.4. The Morgan fingerprint density at radius 2 is 2.39 bits per heavy atom. The van der Waals surface area contributed by atoms with Crippen molar-refractivity contribution in [1.82, 2.24) is 0 Å². The number of nitrogens with two attached hydrogens (primary N) is 1. The van der Waals surface area contributed by atoms with Crippen LogP contribution in [0.2, 0.25) is 0 Å². The Bertz CT molecular complexity index is 476. The number of carbonyl (C=O) groups is 1. The number of halogens is 1. The van der Waals surface area contributed by atoms with Gasteiger partial charge in [0, 0.05) is 18.9 Å². The topological polar surface area (TPSA) is 72.6 Å². The molecule has 2 unspecified atom stereocenters. The molecule has 18 heavy (non-hydrogen) atoms. The maximum absolute atomic E-state index is 10.5. The van der Waals surface area contributed by atoms with Crippen molar-refractivity contribution in [3.63, 3.8) is 0 Å². The van der Waals surface area contributed by atoms with Crippen LogP contribution in [-0.2, 0) is 11.2 Å². The summed E-state index contributed by atoms with van der Waals surface area (Å²) in [5.74, 6) is 0.0688. The van der Waals surface area contributed by atoms with Crippen molar-refractivity contribution in [2.24, 2.45) is 5.73 Å². The van der Waals surface area contributed by atoms with Crippen LogP contribution in [0.3, 0.4) is 0 Å². The molecule has 0 spiro atoms. The molecule has 0 saturated carbocycles. The second kappa shape index (κ2) is 5.28. The summed E-state index contributed by atoms with van der Waals surface area (Å²) in [6, 6.07) is 3.69. The van der Waals surface area contributed by atoms with E-state index in [2.05, 4.69) is 15.9 Å². The molecule has 0 saturated heterocycles. The Kier molecular flexibility index (Phi) is 3.92. The summed E-state index contributed by atoms with van der Waals surface area (Å²) < 4.78 is 6.58. The fourth-order valence-corrected chi connectivity index (χ4v) is 2.78. The summed E-state index contributed by atoms with van der Waals surface area (Å²) in [5, 5.41) is 8.67. The van der Waals surface area contributed by atoms with Gasteiger partial charge in [0.2, 0.25) is 0 Å². The van der Waals surface area contributed by atoms with Gasteiger partial charge in [-0.15, -0.1) is 0 Å². The van der Waals surface area contributed by atoms with Gasteiger partial charge in [-0.2, -0.15) is 0 Å². The van der Waals surface area contributed by atoms with E-state index in [4.69, 9.17) is 15.6 Å². The smallest absolute Gasteiger partial charge is 0.303 e. The lowest BCUT2D eigenvalue weighted by atomic mass is 9.99. The normalized spacial score (nSPS) is 19.2. The number of carboxylic acids is 1. The lowest BCUT2D eigenvalue weighted by Crippen LogP contribution is -2.12. The number of ether oxygens (including phenoxy) is 1. The number of rotatable bonds is 4. The fourth-order valence-electron chi connectivity index (χ4n) is 2.17. The van der Waals surface area contributed by atoms with Gasteiger partial charge in [-0.25, -0.2) is 0 Å². The van der Waals surface area contributed by atoms with Gasteiger partial charge in [0.15, 0.2) is 0 Å². The van der Waals surface area contributed by atoms with Gasteiger partial charge in [-0.05, 0) is 46.5 Å². The number of benzene rings is 1. The third-order valence-electron chi connectivity index (χ3n) is 3.07. The quantitative estimate of drug-likeness (QED) is 0.896. The largest absolute Gasteiger partial charge is 0.489 e. The van der Waals surface area contributed by atoms with E-state index in [0.717, 1.165) is 27.8 Å². The molecule has 0 bridgehead atoms. The van der Waals surface area contributed by atoms with Gasteiger partial charge in [-0.3, -0.25) is 4.79 Å². The molecule has 3 N–H and O–H groups in total. The van der Waals surface area contributed by atoms with Gasteiger partial charge in [-0.1, -0.05) is 6.07 Å². The molecule has 1 aromatic carbocycles. The highest BCUT2D eigenvalue weighted by Gasteiger charge is 2.23. The van der Waals surface area contributed by atoms with Crippen LogP contribution in [0.15, 0.2) is 16.6 Å². The first-order valence-electron chi connectivity index (χ1n) is 5.93. The third-order valence-corrected chi connectivity index (χ3v) is 3.66.